The van der Waals surface area contributed by atoms with Gasteiger partial charge < -0.3 is 9.47 Å². The first-order chi connectivity index (χ1) is 8.93. The molecule has 4 heteroatoms. The normalized spacial score (nSPS) is 36.7. The smallest absolute Gasteiger partial charge is 0.0622 e. The Kier molecular flexibility index (Phi) is 4.52. The largest absolute Gasteiger partial charge is 0.380 e. The Labute approximate surface area is 110 Å². The Balaban J connectivity index is 1.51. The maximum Gasteiger partial charge on any atom is 0.0622 e. The predicted octanol–water partition coefficient (Wildman–Crippen LogP) is 0.962. The Morgan fingerprint density at radius 3 is 2.28 bits per heavy atom. The van der Waals surface area contributed by atoms with Crippen molar-refractivity contribution in [1.82, 2.24) is 9.80 Å². The van der Waals surface area contributed by atoms with E-state index in [0.717, 1.165) is 45.6 Å². The van der Waals surface area contributed by atoms with Crippen molar-refractivity contribution >= 4 is 0 Å². The second kappa shape index (κ2) is 6.33. The molecule has 3 rings (SSSR count). The standard InChI is InChI=1S/C14H26N2O2/c1-2-13(16-7-10-17-11-8-16)3-6-15(5-1)14-4-9-18-12-14/h13-14H,1-12H2/t13-,14-/m1/s1. The van der Waals surface area contributed by atoms with Crippen molar-refractivity contribution < 1.29 is 9.47 Å². The third-order valence-electron chi connectivity index (χ3n) is 4.72. The van der Waals surface area contributed by atoms with Crippen LogP contribution in [0.5, 0.6) is 0 Å². The summed E-state index contributed by atoms with van der Waals surface area (Å²) in [6, 6.07) is 1.50. The van der Waals surface area contributed by atoms with Gasteiger partial charge in [0.1, 0.15) is 0 Å². The molecule has 0 unspecified atom stereocenters. The third-order valence-corrected chi connectivity index (χ3v) is 4.72. The molecule has 0 amide bonds. The van der Waals surface area contributed by atoms with Gasteiger partial charge in [-0.3, -0.25) is 9.80 Å². The van der Waals surface area contributed by atoms with Gasteiger partial charge in [0.25, 0.3) is 0 Å². The van der Waals surface area contributed by atoms with E-state index in [1.54, 1.807) is 0 Å². The summed E-state index contributed by atoms with van der Waals surface area (Å²) in [5, 5.41) is 0. The fourth-order valence-electron chi connectivity index (χ4n) is 3.58. The lowest BCUT2D eigenvalue weighted by Crippen LogP contribution is -2.44. The molecule has 3 aliphatic rings. The minimum atomic E-state index is 0.702. The molecular formula is C14H26N2O2. The number of morpholine rings is 1. The third kappa shape index (κ3) is 3.05. The fraction of sp³-hybridized carbons (Fsp3) is 1.00. The van der Waals surface area contributed by atoms with Crippen molar-refractivity contribution in [1.29, 1.82) is 0 Å². The lowest BCUT2D eigenvalue weighted by atomic mass is 10.1. The Morgan fingerprint density at radius 2 is 1.50 bits per heavy atom. The average molecular weight is 254 g/mol. The van der Waals surface area contributed by atoms with Crippen LogP contribution in [-0.4, -0.2) is 74.5 Å². The molecule has 3 aliphatic heterocycles. The number of likely N-dealkylation sites (tertiary alicyclic amines) is 1. The summed E-state index contributed by atoms with van der Waals surface area (Å²) in [5.41, 5.74) is 0. The van der Waals surface area contributed by atoms with Gasteiger partial charge in [-0.05, 0) is 32.2 Å². The Morgan fingerprint density at radius 1 is 0.667 bits per heavy atom. The van der Waals surface area contributed by atoms with Crippen LogP contribution in [0.1, 0.15) is 25.7 Å². The number of ether oxygens (including phenoxy) is 2. The summed E-state index contributed by atoms with van der Waals surface area (Å²) in [6.07, 6.45) is 5.28. The van der Waals surface area contributed by atoms with E-state index < -0.39 is 0 Å². The van der Waals surface area contributed by atoms with E-state index in [2.05, 4.69) is 9.80 Å². The SMILES string of the molecule is C1C[C@@H](N2CCOCC2)CCN([C@@H]2CCOC2)C1. The minimum absolute atomic E-state index is 0.702. The highest BCUT2D eigenvalue weighted by atomic mass is 16.5. The molecule has 0 N–H and O–H groups in total. The molecule has 0 bridgehead atoms. The highest BCUT2D eigenvalue weighted by molar-refractivity contribution is 4.83. The molecule has 0 aliphatic carbocycles. The Hall–Kier alpha value is -0.160. The number of rotatable bonds is 2. The van der Waals surface area contributed by atoms with Gasteiger partial charge in [-0.1, -0.05) is 0 Å². The molecule has 0 aromatic rings. The van der Waals surface area contributed by atoms with E-state index >= 15 is 0 Å². The second-order valence-corrected chi connectivity index (χ2v) is 5.79. The van der Waals surface area contributed by atoms with Crippen LogP contribution in [-0.2, 0) is 9.47 Å². The van der Waals surface area contributed by atoms with E-state index in [-0.39, 0.29) is 0 Å². The van der Waals surface area contributed by atoms with Crippen LogP contribution in [0.15, 0.2) is 0 Å². The molecule has 3 saturated heterocycles. The van der Waals surface area contributed by atoms with Crippen LogP contribution in [0.3, 0.4) is 0 Å². The van der Waals surface area contributed by atoms with Crippen LogP contribution in [0, 0.1) is 0 Å². The van der Waals surface area contributed by atoms with E-state index in [0.29, 0.717) is 6.04 Å². The zero-order chi connectivity index (χ0) is 12.2. The first-order valence-electron chi connectivity index (χ1n) is 7.57. The van der Waals surface area contributed by atoms with Crippen molar-refractivity contribution in [3.8, 4) is 0 Å². The summed E-state index contributed by atoms with van der Waals surface area (Å²) in [7, 11) is 0. The molecule has 0 spiro atoms. The van der Waals surface area contributed by atoms with Gasteiger partial charge in [0.05, 0.1) is 19.8 Å². The quantitative estimate of drug-likeness (QED) is 0.733. The predicted molar refractivity (Wildman–Crippen MR) is 70.8 cm³/mol. The van der Waals surface area contributed by atoms with E-state index in [9.17, 15) is 0 Å². The highest BCUT2D eigenvalue weighted by Crippen LogP contribution is 2.21. The molecular weight excluding hydrogens is 228 g/mol. The van der Waals surface area contributed by atoms with Crippen molar-refractivity contribution in [3.63, 3.8) is 0 Å². The maximum absolute atomic E-state index is 5.53. The van der Waals surface area contributed by atoms with Gasteiger partial charge in [0.2, 0.25) is 0 Å². The van der Waals surface area contributed by atoms with Gasteiger partial charge in [0, 0.05) is 38.3 Å². The lowest BCUT2D eigenvalue weighted by Gasteiger charge is -2.34. The first-order valence-corrected chi connectivity index (χ1v) is 7.57. The van der Waals surface area contributed by atoms with Crippen LogP contribution >= 0.6 is 0 Å². The number of hydrogen-bond acceptors (Lipinski definition) is 4. The molecule has 3 fully saturated rings. The monoisotopic (exact) mass is 254 g/mol. The van der Waals surface area contributed by atoms with Crippen molar-refractivity contribution in [2.75, 3.05) is 52.6 Å². The van der Waals surface area contributed by atoms with Crippen LogP contribution < -0.4 is 0 Å². The van der Waals surface area contributed by atoms with E-state index in [4.69, 9.17) is 9.47 Å². The summed E-state index contributed by atoms with van der Waals surface area (Å²) in [5.74, 6) is 0. The van der Waals surface area contributed by atoms with Crippen molar-refractivity contribution in [3.05, 3.63) is 0 Å². The molecule has 2 atom stereocenters. The second-order valence-electron chi connectivity index (χ2n) is 5.79. The molecule has 104 valence electrons. The number of nitrogens with zero attached hydrogens (tertiary/aromatic N) is 2. The van der Waals surface area contributed by atoms with E-state index in [1.807, 2.05) is 0 Å². The van der Waals surface area contributed by atoms with Crippen LogP contribution in [0.2, 0.25) is 0 Å². The highest BCUT2D eigenvalue weighted by Gasteiger charge is 2.28. The molecule has 3 heterocycles. The van der Waals surface area contributed by atoms with Crippen LogP contribution in [0.4, 0.5) is 0 Å². The minimum Gasteiger partial charge on any atom is -0.380 e. The van der Waals surface area contributed by atoms with Gasteiger partial charge in [0.15, 0.2) is 0 Å². The molecule has 18 heavy (non-hydrogen) atoms. The molecule has 0 aromatic carbocycles. The lowest BCUT2D eigenvalue weighted by molar-refractivity contribution is 0.0132. The summed E-state index contributed by atoms with van der Waals surface area (Å²) >= 11 is 0. The van der Waals surface area contributed by atoms with Gasteiger partial charge in [-0.2, -0.15) is 0 Å². The molecule has 4 nitrogen and oxygen atoms in total. The van der Waals surface area contributed by atoms with Crippen molar-refractivity contribution in [2.45, 2.75) is 37.8 Å². The summed E-state index contributed by atoms with van der Waals surface area (Å²) < 4.78 is 11.0. The zero-order valence-corrected chi connectivity index (χ0v) is 11.4. The van der Waals surface area contributed by atoms with Gasteiger partial charge in [-0.15, -0.1) is 0 Å². The Bertz CT molecular complexity index is 250. The molecule has 0 radical (unpaired) electrons. The van der Waals surface area contributed by atoms with E-state index in [1.165, 1.54) is 38.8 Å². The molecule has 0 aromatic heterocycles. The summed E-state index contributed by atoms with van der Waals surface area (Å²) in [4.78, 5) is 5.32. The summed E-state index contributed by atoms with van der Waals surface area (Å²) in [6.45, 7) is 8.59. The van der Waals surface area contributed by atoms with Crippen molar-refractivity contribution in [2.24, 2.45) is 0 Å². The first kappa shape index (κ1) is 12.9. The average Bonchev–Trinajstić information content (AvgIpc) is 2.84. The topological polar surface area (TPSA) is 24.9 Å². The maximum atomic E-state index is 5.53. The van der Waals surface area contributed by atoms with Gasteiger partial charge >= 0.3 is 0 Å². The zero-order valence-electron chi connectivity index (χ0n) is 11.4. The molecule has 0 saturated carbocycles. The number of hydrogen-bond donors (Lipinski definition) is 0. The fourth-order valence-corrected chi connectivity index (χ4v) is 3.58. The van der Waals surface area contributed by atoms with Gasteiger partial charge in [-0.25, -0.2) is 0 Å². The van der Waals surface area contributed by atoms with Crippen LogP contribution in [0.25, 0.3) is 0 Å².